The Morgan fingerprint density at radius 3 is 2.83 bits per heavy atom. The van der Waals surface area contributed by atoms with E-state index in [0.29, 0.717) is 11.6 Å². The van der Waals surface area contributed by atoms with E-state index in [2.05, 4.69) is 16.1 Å². The van der Waals surface area contributed by atoms with Crippen LogP contribution in [0.5, 0.6) is 0 Å². The number of halogens is 1. The second kappa shape index (κ2) is 7.73. The second-order valence-electron chi connectivity index (χ2n) is 7.87. The summed E-state index contributed by atoms with van der Waals surface area (Å²) in [4.78, 5) is 2.33. The van der Waals surface area contributed by atoms with Crippen LogP contribution in [0.2, 0.25) is 5.02 Å². The predicted octanol–water partition coefficient (Wildman–Crippen LogP) is 2.67. The van der Waals surface area contributed by atoms with Crippen molar-refractivity contribution < 1.29 is 13.2 Å². The van der Waals surface area contributed by atoms with E-state index in [-0.39, 0.29) is 5.75 Å². The van der Waals surface area contributed by atoms with E-state index in [4.69, 9.17) is 16.3 Å². The van der Waals surface area contributed by atoms with Gasteiger partial charge in [0, 0.05) is 48.2 Å². The third-order valence-electron chi connectivity index (χ3n) is 5.70. The van der Waals surface area contributed by atoms with Gasteiger partial charge in [-0.3, -0.25) is 9.58 Å². The zero-order valence-corrected chi connectivity index (χ0v) is 17.8. The highest BCUT2D eigenvalue weighted by Crippen LogP contribution is 2.49. The molecule has 2 aliphatic rings. The minimum atomic E-state index is -3.00. The Balaban J connectivity index is 1.40. The standard InChI is InChI=1S/C20H23ClN4O3S/c1-29(26,27)9-8-25-14-15(12-23-25)13-24-6-4-20(5-7-24)18-10-16(21)2-3-17(18)19(11-22)28-20/h2-3,10,12,14,19H,4-9,13H2,1H3. The number of aryl methyl sites for hydroxylation is 1. The van der Waals surface area contributed by atoms with Crippen molar-refractivity contribution in [1.29, 1.82) is 5.26 Å². The van der Waals surface area contributed by atoms with Crippen molar-refractivity contribution in [2.45, 2.75) is 37.6 Å². The molecule has 0 saturated carbocycles. The molecule has 1 atom stereocenters. The number of rotatable bonds is 5. The molecule has 9 heteroatoms. The fourth-order valence-corrected chi connectivity index (χ4v) is 4.88. The third-order valence-corrected chi connectivity index (χ3v) is 6.86. The first-order valence-electron chi connectivity index (χ1n) is 9.57. The van der Waals surface area contributed by atoms with Gasteiger partial charge in [-0.15, -0.1) is 0 Å². The molecule has 1 saturated heterocycles. The van der Waals surface area contributed by atoms with Crippen LogP contribution in [-0.4, -0.2) is 48.2 Å². The van der Waals surface area contributed by atoms with E-state index in [0.717, 1.165) is 49.2 Å². The molecule has 1 fully saturated rings. The van der Waals surface area contributed by atoms with Crippen LogP contribution in [-0.2, 0) is 33.3 Å². The van der Waals surface area contributed by atoms with Gasteiger partial charge in [0.05, 0.1) is 30.2 Å². The van der Waals surface area contributed by atoms with Crippen molar-refractivity contribution in [2.75, 3.05) is 25.1 Å². The second-order valence-corrected chi connectivity index (χ2v) is 10.6. The van der Waals surface area contributed by atoms with Crippen molar-refractivity contribution in [1.82, 2.24) is 14.7 Å². The summed E-state index contributed by atoms with van der Waals surface area (Å²) in [6.07, 6.45) is 5.97. The SMILES string of the molecule is CS(=O)(=O)CCn1cc(CN2CCC3(CC2)OC(C#N)c2ccc(Cl)cc23)cn1. The Bertz CT molecular complexity index is 1050. The molecule has 0 bridgehead atoms. The van der Waals surface area contributed by atoms with Crippen LogP contribution in [0.1, 0.15) is 35.6 Å². The Morgan fingerprint density at radius 2 is 2.14 bits per heavy atom. The van der Waals surface area contributed by atoms with Gasteiger partial charge in [0.25, 0.3) is 0 Å². The highest BCUT2D eigenvalue weighted by Gasteiger charge is 2.47. The minimum Gasteiger partial charge on any atom is -0.347 e. The largest absolute Gasteiger partial charge is 0.347 e. The topological polar surface area (TPSA) is 88.2 Å². The van der Waals surface area contributed by atoms with E-state index >= 15 is 0 Å². The van der Waals surface area contributed by atoms with Crippen LogP contribution >= 0.6 is 11.6 Å². The number of ether oxygens (including phenoxy) is 1. The summed E-state index contributed by atoms with van der Waals surface area (Å²) in [7, 11) is -3.00. The zero-order chi connectivity index (χ0) is 20.6. The monoisotopic (exact) mass is 434 g/mol. The fourth-order valence-electron chi connectivity index (χ4n) is 4.19. The van der Waals surface area contributed by atoms with Crippen LogP contribution in [0.25, 0.3) is 0 Å². The molecule has 3 heterocycles. The summed E-state index contributed by atoms with van der Waals surface area (Å²) in [6.45, 7) is 2.78. The van der Waals surface area contributed by atoms with Crippen molar-refractivity contribution >= 4 is 21.4 Å². The van der Waals surface area contributed by atoms with Crippen LogP contribution in [0.15, 0.2) is 30.6 Å². The van der Waals surface area contributed by atoms with Crippen molar-refractivity contribution in [3.05, 3.63) is 52.3 Å². The lowest BCUT2D eigenvalue weighted by molar-refractivity contribution is -0.0933. The summed E-state index contributed by atoms with van der Waals surface area (Å²) in [5.41, 5.74) is 2.58. The van der Waals surface area contributed by atoms with Gasteiger partial charge in [-0.25, -0.2) is 8.42 Å². The maximum atomic E-state index is 11.3. The van der Waals surface area contributed by atoms with Gasteiger partial charge in [-0.2, -0.15) is 10.4 Å². The van der Waals surface area contributed by atoms with E-state index in [1.165, 1.54) is 6.26 Å². The molecule has 7 nitrogen and oxygen atoms in total. The maximum Gasteiger partial charge on any atom is 0.170 e. The number of fused-ring (bicyclic) bond motifs is 2. The van der Waals surface area contributed by atoms with E-state index < -0.39 is 21.5 Å². The molecule has 0 N–H and O–H groups in total. The number of sulfone groups is 1. The average molecular weight is 435 g/mol. The number of benzene rings is 1. The highest BCUT2D eigenvalue weighted by molar-refractivity contribution is 7.90. The van der Waals surface area contributed by atoms with Crippen molar-refractivity contribution in [3.8, 4) is 6.07 Å². The summed E-state index contributed by atoms with van der Waals surface area (Å²) < 4.78 is 30.5. The molecule has 2 aromatic rings. The van der Waals surface area contributed by atoms with Gasteiger partial charge in [0.1, 0.15) is 9.84 Å². The Labute approximate surface area is 175 Å². The summed E-state index contributed by atoms with van der Waals surface area (Å²) >= 11 is 6.21. The number of aromatic nitrogens is 2. The Morgan fingerprint density at radius 1 is 1.38 bits per heavy atom. The molecule has 1 aromatic heterocycles. The molecule has 1 aromatic carbocycles. The van der Waals surface area contributed by atoms with E-state index in [9.17, 15) is 13.7 Å². The van der Waals surface area contributed by atoms with Crippen LogP contribution in [0.3, 0.4) is 0 Å². The number of piperidine rings is 1. The lowest BCUT2D eigenvalue weighted by Crippen LogP contribution is -2.42. The lowest BCUT2D eigenvalue weighted by atomic mass is 9.83. The van der Waals surface area contributed by atoms with Crippen LogP contribution < -0.4 is 0 Å². The molecule has 4 rings (SSSR count). The smallest absolute Gasteiger partial charge is 0.170 e. The highest BCUT2D eigenvalue weighted by atomic mass is 35.5. The Hall–Kier alpha value is -1.92. The molecule has 2 aliphatic heterocycles. The number of hydrogen-bond acceptors (Lipinski definition) is 6. The molecular formula is C20H23ClN4O3S. The molecule has 0 radical (unpaired) electrons. The zero-order valence-electron chi connectivity index (χ0n) is 16.2. The van der Waals surface area contributed by atoms with Crippen LogP contribution in [0.4, 0.5) is 0 Å². The van der Waals surface area contributed by atoms with Gasteiger partial charge in [-0.05, 0) is 30.5 Å². The van der Waals surface area contributed by atoms with E-state index in [1.54, 1.807) is 10.9 Å². The van der Waals surface area contributed by atoms with Gasteiger partial charge in [-0.1, -0.05) is 17.7 Å². The molecule has 1 spiro atoms. The van der Waals surface area contributed by atoms with Crippen LogP contribution in [0, 0.1) is 11.3 Å². The minimum absolute atomic E-state index is 0.0831. The first-order chi connectivity index (χ1) is 13.8. The summed E-state index contributed by atoms with van der Waals surface area (Å²) in [6, 6.07) is 7.90. The normalized spacial score (nSPS) is 21.2. The number of nitriles is 1. The molecule has 154 valence electrons. The first kappa shape index (κ1) is 20.4. The van der Waals surface area contributed by atoms with Gasteiger partial charge in [0.15, 0.2) is 6.10 Å². The number of likely N-dealkylation sites (tertiary alicyclic amines) is 1. The average Bonchev–Trinajstić information content (AvgIpc) is 3.24. The molecule has 0 amide bonds. The Kier molecular flexibility index (Phi) is 5.42. The molecule has 29 heavy (non-hydrogen) atoms. The summed E-state index contributed by atoms with van der Waals surface area (Å²) in [5, 5.41) is 14.4. The molecular weight excluding hydrogens is 412 g/mol. The van der Waals surface area contributed by atoms with Crippen molar-refractivity contribution in [3.63, 3.8) is 0 Å². The van der Waals surface area contributed by atoms with Gasteiger partial charge in [0.2, 0.25) is 0 Å². The van der Waals surface area contributed by atoms with E-state index in [1.807, 2.05) is 24.4 Å². The fraction of sp³-hybridized carbons (Fsp3) is 0.500. The lowest BCUT2D eigenvalue weighted by Gasteiger charge is -2.39. The first-order valence-corrected chi connectivity index (χ1v) is 12.0. The third kappa shape index (κ3) is 4.33. The predicted molar refractivity (Wildman–Crippen MR) is 109 cm³/mol. The molecule has 1 unspecified atom stereocenters. The maximum absolute atomic E-state index is 11.3. The van der Waals surface area contributed by atoms with Gasteiger partial charge >= 0.3 is 0 Å². The van der Waals surface area contributed by atoms with Gasteiger partial charge < -0.3 is 4.74 Å². The quantitative estimate of drug-likeness (QED) is 0.718. The number of nitrogens with zero attached hydrogens (tertiary/aromatic N) is 4. The number of hydrogen-bond donors (Lipinski definition) is 0. The van der Waals surface area contributed by atoms with Crippen molar-refractivity contribution in [2.24, 2.45) is 0 Å². The molecule has 0 aliphatic carbocycles. The summed E-state index contributed by atoms with van der Waals surface area (Å²) in [5.74, 6) is 0.0831.